The van der Waals surface area contributed by atoms with Crippen LogP contribution in [-0.2, 0) is 9.53 Å². The van der Waals surface area contributed by atoms with E-state index in [2.05, 4.69) is 30.5 Å². The van der Waals surface area contributed by atoms with Gasteiger partial charge in [0.2, 0.25) is 0 Å². The van der Waals surface area contributed by atoms with Gasteiger partial charge in [0.25, 0.3) is 0 Å². The summed E-state index contributed by atoms with van der Waals surface area (Å²) < 4.78 is 4.66. The molecule has 1 saturated heterocycles. The molecule has 0 bridgehead atoms. The molecule has 1 N–H and O–H groups in total. The second kappa shape index (κ2) is 7.21. The number of nitrogens with zero attached hydrogens (tertiary/aromatic N) is 2. The van der Waals surface area contributed by atoms with Crippen molar-refractivity contribution in [1.29, 1.82) is 0 Å². The van der Waals surface area contributed by atoms with Crippen molar-refractivity contribution >= 4 is 21.9 Å². The Bertz CT molecular complexity index is 220. The lowest BCUT2D eigenvalue weighted by atomic mass is 10.3. The molecular formula is C10H19BrN2O3. The van der Waals surface area contributed by atoms with Crippen LogP contribution in [0.1, 0.15) is 0 Å². The van der Waals surface area contributed by atoms with Crippen LogP contribution in [0.2, 0.25) is 0 Å². The van der Waals surface area contributed by atoms with E-state index in [1.54, 1.807) is 0 Å². The molecule has 1 aliphatic heterocycles. The molecule has 94 valence electrons. The van der Waals surface area contributed by atoms with Gasteiger partial charge in [-0.1, -0.05) is 15.9 Å². The van der Waals surface area contributed by atoms with E-state index in [4.69, 9.17) is 5.11 Å². The van der Waals surface area contributed by atoms with Crippen molar-refractivity contribution in [3.05, 3.63) is 0 Å². The molecule has 0 amide bonds. The number of piperazine rings is 1. The lowest BCUT2D eigenvalue weighted by molar-refractivity contribution is -0.140. The minimum atomic E-state index is -0.248. The fourth-order valence-electron chi connectivity index (χ4n) is 1.77. The molecule has 1 fully saturated rings. The molecule has 0 aromatic rings. The van der Waals surface area contributed by atoms with E-state index in [9.17, 15) is 4.79 Å². The highest BCUT2D eigenvalue weighted by atomic mass is 79.9. The van der Waals surface area contributed by atoms with Crippen molar-refractivity contribution in [3.8, 4) is 0 Å². The number of carbonyl (C=O) groups is 1. The Morgan fingerprint density at radius 2 is 1.94 bits per heavy atom. The van der Waals surface area contributed by atoms with Crippen LogP contribution in [0, 0.1) is 0 Å². The van der Waals surface area contributed by atoms with Gasteiger partial charge in [-0.15, -0.1) is 0 Å². The van der Waals surface area contributed by atoms with E-state index in [0.717, 1.165) is 32.7 Å². The molecule has 16 heavy (non-hydrogen) atoms. The number of ether oxygens (including phenoxy) is 1. The number of alkyl halides is 1. The maximum Gasteiger partial charge on any atom is 0.320 e. The van der Waals surface area contributed by atoms with Gasteiger partial charge in [0, 0.05) is 39.3 Å². The minimum Gasteiger partial charge on any atom is -0.468 e. The molecule has 0 aromatic heterocycles. The van der Waals surface area contributed by atoms with Crippen molar-refractivity contribution < 1.29 is 14.6 Å². The zero-order valence-electron chi connectivity index (χ0n) is 9.56. The number of methoxy groups -OCH3 is 1. The maximum atomic E-state index is 11.2. The molecule has 0 saturated carbocycles. The topological polar surface area (TPSA) is 53.0 Å². The SMILES string of the molecule is COC(=O)C(Br)CN1CCN(CCO)CC1. The number of aliphatic hydroxyl groups is 1. The molecule has 1 aliphatic rings. The summed E-state index contributed by atoms with van der Waals surface area (Å²) in [6, 6.07) is 0. The Morgan fingerprint density at radius 1 is 1.38 bits per heavy atom. The van der Waals surface area contributed by atoms with Crippen molar-refractivity contribution in [2.24, 2.45) is 0 Å². The monoisotopic (exact) mass is 294 g/mol. The molecule has 1 atom stereocenters. The Morgan fingerprint density at radius 3 is 2.44 bits per heavy atom. The van der Waals surface area contributed by atoms with Crippen LogP contribution in [-0.4, -0.2) is 78.7 Å². The molecule has 0 aliphatic carbocycles. The van der Waals surface area contributed by atoms with E-state index in [0.29, 0.717) is 6.54 Å². The standard InChI is InChI=1S/C10H19BrN2O3/c1-16-10(15)9(11)8-13-4-2-12(3-5-13)6-7-14/h9,14H,2-8H2,1H3. The van der Waals surface area contributed by atoms with Crippen LogP contribution in [0.25, 0.3) is 0 Å². The fraction of sp³-hybridized carbons (Fsp3) is 0.900. The average molecular weight is 295 g/mol. The van der Waals surface area contributed by atoms with E-state index < -0.39 is 0 Å². The number of halogens is 1. The predicted octanol–water partition coefficient (Wildman–Crippen LogP) is -0.467. The van der Waals surface area contributed by atoms with Gasteiger partial charge in [-0.05, 0) is 0 Å². The number of hydrogen-bond acceptors (Lipinski definition) is 5. The van der Waals surface area contributed by atoms with Crippen LogP contribution < -0.4 is 0 Å². The number of aliphatic hydroxyl groups excluding tert-OH is 1. The van der Waals surface area contributed by atoms with E-state index in [1.165, 1.54) is 7.11 Å². The third kappa shape index (κ3) is 4.37. The summed E-state index contributed by atoms with van der Waals surface area (Å²) >= 11 is 3.32. The normalized spacial score (nSPS) is 20.7. The third-order valence-electron chi connectivity index (χ3n) is 2.76. The average Bonchev–Trinajstić information content (AvgIpc) is 2.31. The Labute approximate surface area is 104 Å². The zero-order chi connectivity index (χ0) is 12.0. The summed E-state index contributed by atoms with van der Waals surface area (Å²) in [5, 5.41) is 8.81. The highest BCUT2D eigenvalue weighted by Crippen LogP contribution is 2.08. The fourth-order valence-corrected chi connectivity index (χ4v) is 2.36. The first-order chi connectivity index (χ1) is 7.67. The van der Waals surface area contributed by atoms with Gasteiger partial charge in [-0.3, -0.25) is 14.6 Å². The highest BCUT2D eigenvalue weighted by Gasteiger charge is 2.22. The largest absolute Gasteiger partial charge is 0.468 e. The summed E-state index contributed by atoms with van der Waals surface area (Å²) in [6.07, 6.45) is 0. The van der Waals surface area contributed by atoms with Crippen molar-refractivity contribution in [3.63, 3.8) is 0 Å². The molecule has 1 heterocycles. The molecule has 1 rings (SSSR count). The molecule has 6 heteroatoms. The molecule has 1 unspecified atom stereocenters. The van der Waals surface area contributed by atoms with Crippen LogP contribution in [0.3, 0.4) is 0 Å². The first-order valence-corrected chi connectivity index (χ1v) is 6.36. The first kappa shape index (κ1) is 13.9. The van der Waals surface area contributed by atoms with Gasteiger partial charge in [-0.2, -0.15) is 0 Å². The summed E-state index contributed by atoms with van der Waals surface area (Å²) in [5.41, 5.74) is 0. The molecular weight excluding hydrogens is 276 g/mol. The zero-order valence-corrected chi connectivity index (χ0v) is 11.1. The predicted molar refractivity (Wildman–Crippen MR) is 64.7 cm³/mol. The van der Waals surface area contributed by atoms with Crippen LogP contribution in [0.4, 0.5) is 0 Å². The summed E-state index contributed by atoms with van der Waals surface area (Å²) in [7, 11) is 1.40. The number of rotatable bonds is 5. The molecule has 5 nitrogen and oxygen atoms in total. The van der Waals surface area contributed by atoms with Crippen molar-refractivity contribution in [2.75, 3.05) is 53.0 Å². The summed E-state index contributed by atoms with van der Waals surface area (Å²) in [4.78, 5) is 15.4. The third-order valence-corrected chi connectivity index (χ3v) is 3.42. The lowest BCUT2D eigenvalue weighted by Crippen LogP contribution is -2.49. The summed E-state index contributed by atoms with van der Waals surface area (Å²) in [6.45, 7) is 5.38. The summed E-state index contributed by atoms with van der Waals surface area (Å²) in [5.74, 6) is -0.224. The van der Waals surface area contributed by atoms with Gasteiger partial charge in [-0.25, -0.2) is 0 Å². The van der Waals surface area contributed by atoms with Gasteiger partial charge in [0.05, 0.1) is 13.7 Å². The van der Waals surface area contributed by atoms with Gasteiger partial charge in [0.15, 0.2) is 0 Å². The number of β-amino-alcohol motifs (C(OH)–C–C–N with tert-alkyl or cyclic N) is 1. The van der Waals surface area contributed by atoms with Crippen LogP contribution in [0.5, 0.6) is 0 Å². The molecule has 0 radical (unpaired) electrons. The lowest BCUT2D eigenvalue weighted by Gasteiger charge is -2.34. The Balaban J connectivity index is 2.24. The van der Waals surface area contributed by atoms with Gasteiger partial charge >= 0.3 is 5.97 Å². The van der Waals surface area contributed by atoms with Crippen LogP contribution in [0.15, 0.2) is 0 Å². The number of hydrogen-bond donors (Lipinski definition) is 1. The van der Waals surface area contributed by atoms with Crippen LogP contribution >= 0.6 is 15.9 Å². The van der Waals surface area contributed by atoms with Gasteiger partial charge in [0.1, 0.15) is 4.83 Å². The Kier molecular flexibility index (Phi) is 6.26. The first-order valence-electron chi connectivity index (χ1n) is 5.45. The highest BCUT2D eigenvalue weighted by molar-refractivity contribution is 9.10. The van der Waals surface area contributed by atoms with Crippen molar-refractivity contribution in [2.45, 2.75) is 4.83 Å². The second-order valence-electron chi connectivity index (χ2n) is 3.86. The smallest absolute Gasteiger partial charge is 0.320 e. The molecule has 0 aromatic carbocycles. The minimum absolute atomic E-state index is 0.212. The second-order valence-corrected chi connectivity index (χ2v) is 4.96. The maximum absolute atomic E-state index is 11.2. The van der Waals surface area contributed by atoms with Gasteiger partial charge < -0.3 is 9.84 Å². The quantitative estimate of drug-likeness (QED) is 0.549. The van der Waals surface area contributed by atoms with Crippen molar-refractivity contribution in [1.82, 2.24) is 9.80 Å². The van der Waals surface area contributed by atoms with E-state index in [-0.39, 0.29) is 17.4 Å². The Hall–Kier alpha value is -0.170. The number of carbonyl (C=O) groups excluding carboxylic acids is 1. The van der Waals surface area contributed by atoms with E-state index >= 15 is 0 Å². The van der Waals surface area contributed by atoms with E-state index in [1.807, 2.05) is 0 Å². The molecule has 0 spiro atoms. The number of esters is 1.